The Balaban J connectivity index is 1.73. The van der Waals surface area contributed by atoms with E-state index < -0.39 is 0 Å². The van der Waals surface area contributed by atoms with Gasteiger partial charge in [0.15, 0.2) is 0 Å². The van der Waals surface area contributed by atoms with Crippen molar-refractivity contribution in [3.8, 4) is 16.9 Å². The van der Waals surface area contributed by atoms with Gasteiger partial charge in [-0.2, -0.15) is 0 Å². The fourth-order valence-electron chi connectivity index (χ4n) is 3.28. The maximum Gasteiger partial charge on any atom is 0.314 e. The molecule has 0 aliphatic carbocycles. The van der Waals surface area contributed by atoms with Crippen LogP contribution in [0, 0.1) is 0 Å². The highest BCUT2D eigenvalue weighted by Gasteiger charge is 2.18. The summed E-state index contributed by atoms with van der Waals surface area (Å²) in [5, 5.41) is 0. The van der Waals surface area contributed by atoms with Crippen LogP contribution in [0.1, 0.15) is 12.0 Å². The van der Waals surface area contributed by atoms with E-state index in [1.165, 1.54) is 5.56 Å². The van der Waals surface area contributed by atoms with E-state index in [-0.39, 0.29) is 6.03 Å². The number of benzene rings is 2. The van der Waals surface area contributed by atoms with Crippen LogP contribution in [-0.4, -0.2) is 49.1 Å². The summed E-state index contributed by atoms with van der Waals surface area (Å²) in [6.07, 6.45) is 0.938. The number of hydrogen-bond acceptors (Lipinski definition) is 3. The molecule has 132 valence electrons. The van der Waals surface area contributed by atoms with Crippen LogP contribution in [0.5, 0.6) is 5.75 Å². The normalized spacial score (nSPS) is 15.6. The number of nitrogens with two attached hydrogens (primary N) is 1. The van der Waals surface area contributed by atoms with Crippen LogP contribution in [0.4, 0.5) is 4.79 Å². The van der Waals surface area contributed by atoms with Gasteiger partial charge in [0, 0.05) is 38.3 Å². The second-order valence-corrected chi connectivity index (χ2v) is 6.35. The first-order chi connectivity index (χ1) is 12.2. The fraction of sp³-hybridized carbons (Fsp3) is 0.350. The van der Waals surface area contributed by atoms with Crippen LogP contribution < -0.4 is 10.5 Å². The predicted molar refractivity (Wildman–Crippen MR) is 99.5 cm³/mol. The number of rotatable bonds is 4. The van der Waals surface area contributed by atoms with Gasteiger partial charge < -0.3 is 15.4 Å². The van der Waals surface area contributed by atoms with E-state index in [4.69, 9.17) is 10.5 Å². The van der Waals surface area contributed by atoms with Crippen molar-refractivity contribution in [1.82, 2.24) is 9.80 Å². The van der Waals surface area contributed by atoms with Gasteiger partial charge in [-0.05, 0) is 23.6 Å². The first kappa shape index (κ1) is 17.3. The number of nitrogens with zero attached hydrogens (tertiary/aromatic N) is 2. The number of carbonyl (C=O) groups excluding carboxylic acids is 1. The first-order valence-electron chi connectivity index (χ1n) is 8.66. The van der Waals surface area contributed by atoms with Gasteiger partial charge in [0.25, 0.3) is 0 Å². The molecule has 1 aliphatic rings. The molecule has 25 heavy (non-hydrogen) atoms. The van der Waals surface area contributed by atoms with Crippen molar-refractivity contribution in [2.45, 2.75) is 13.0 Å². The average molecular weight is 339 g/mol. The number of methoxy groups -OCH3 is 1. The summed E-state index contributed by atoms with van der Waals surface area (Å²) < 4.78 is 5.63. The molecule has 0 bridgehead atoms. The molecule has 0 radical (unpaired) electrons. The van der Waals surface area contributed by atoms with Gasteiger partial charge in [0.2, 0.25) is 0 Å². The summed E-state index contributed by atoms with van der Waals surface area (Å²) in [6.45, 7) is 4.00. The Morgan fingerprint density at radius 2 is 1.84 bits per heavy atom. The van der Waals surface area contributed by atoms with Crippen molar-refractivity contribution in [2.24, 2.45) is 5.73 Å². The van der Waals surface area contributed by atoms with Crippen molar-refractivity contribution >= 4 is 6.03 Å². The van der Waals surface area contributed by atoms with Crippen LogP contribution in [0.3, 0.4) is 0 Å². The third-order valence-corrected chi connectivity index (χ3v) is 4.69. The number of carbonyl (C=O) groups is 1. The molecule has 0 spiro atoms. The zero-order valence-electron chi connectivity index (χ0n) is 14.6. The smallest absolute Gasteiger partial charge is 0.314 e. The topological polar surface area (TPSA) is 58.8 Å². The summed E-state index contributed by atoms with van der Waals surface area (Å²) in [4.78, 5) is 15.4. The highest BCUT2D eigenvalue weighted by atomic mass is 16.5. The molecule has 1 aliphatic heterocycles. The van der Waals surface area contributed by atoms with Gasteiger partial charge >= 0.3 is 6.03 Å². The molecule has 0 atom stereocenters. The predicted octanol–water partition coefficient (Wildman–Crippen LogP) is 2.95. The molecule has 1 saturated heterocycles. The standard InChI is InChI=1S/C20H25N3O2/c1-25-19-14-17(16-6-3-2-4-7-16)8-9-18(19)15-22-10-5-11-23(13-12-22)20(21)24/h2-4,6-9,14H,5,10-13,15H2,1H3,(H2,21,24). The van der Waals surface area contributed by atoms with E-state index in [0.717, 1.165) is 49.5 Å². The lowest BCUT2D eigenvalue weighted by atomic mass is 10.0. The third kappa shape index (κ3) is 4.31. The molecule has 0 unspecified atom stereocenters. The van der Waals surface area contributed by atoms with Crippen molar-refractivity contribution in [3.63, 3.8) is 0 Å². The molecule has 2 amide bonds. The minimum absolute atomic E-state index is 0.327. The van der Waals surface area contributed by atoms with Gasteiger partial charge in [-0.3, -0.25) is 4.90 Å². The van der Waals surface area contributed by atoms with E-state index in [9.17, 15) is 4.79 Å². The highest BCUT2D eigenvalue weighted by molar-refractivity contribution is 5.72. The molecular formula is C20H25N3O2. The number of primary amides is 1. The monoisotopic (exact) mass is 339 g/mol. The summed E-state index contributed by atoms with van der Waals surface area (Å²) >= 11 is 0. The number of urea groups is 1. The Kier molecular flexibility index (Phi) is 5.56. The van der Waals surface area contributed by atoms with E-state index in [2.05, 4.69) is 35.2 Å². The molecule has 2 aromatic carbocycles. The van der Waals surface area contributed by atoms with Crippen molar-refractivity contribution in [2.75, 3.05) is 33.3 Å². The van der Waals surface area contributed by atoms with Crippen LogP contribution in [0.2, 0.25) is 0 Å². The maximum atomic E-state index is 11.4. The van der Waals surface area contributed by atoms with Gasteiger partial charge in [-0.1, -0.05) is 42.5 Å². The SMILES string of the molecule is COc1cc(-c2ccccc2)ccc1CN1CCCN(C(N)=O)CC1. The van der Waals surface area contributed by atoms with E-state index >= 15 is 0 Å². The lowest BCUT2D eigenvalue weighted by Gasteiger charge is -2.22. The van der Waals surface area contributed by atoms with E-state index in [1.54, 1.807) is 12.0 Å². The van der Waals surface area contributed by atoms with Crippen LogP contribution in [0.15, 0.2) is 48.5 Å². The molecule has 2 N–H and O–H groups in total. The van der Waals surface area contributed by atoms with Gasteiger partial charge in [-0.25, -0.2) is 4.79 Å². The van der Waals surface area contributed by atoms with Gasteiger partial charge in [0.05, 0.1) is 7.11 Å². The fourth-order valence-corrected chi connectivity index (χ4v) is 3.28. The van der Waals surface area contributed by atoms with Crippen LogP contribution in [0.25, 0.3) is 11.1 Å². The minimum Gasteiger partial charge on any atom is -0.496 e. The number of ether oxygens (including phenoxy) is 1. The molecule has 1 fully saturated rings. The summed E-state index contributed by atoms with van der Waals surface area (Å²) in [5.74, 6) is 0.900. The lowest BCUT2D eigenvalue weighted by molar-refractivity contribution is 0.207. The van der Waals surface area contributed by atoms with Crippen molar-refractivity contribution < 1.29 is 9.53 Å². The summed E-state index contributed by atoms with van der Waals surface area (Å²) in [7, 11) is 1.71. The minimum atomic E-state index is -0.327. The zero-order valence-corrected chi connectivity index (χ0v) is 14.6. The Morgan fingerprint density at radius 3 is 2.56 bits per heavy atom. The zero-order chi connectivity index (χ0) is 17.6. The quantitative estimate of drug-likeness (QED) is 0.932. The van der Waals surface area contributed by atoms with E-state index in [1.807, 2.05) is 18.2 Å². The van der Waals surface area contributed by atoms with Crippen molar-refractivity contribution in [3.05, 3.63) is 54.1 Å². The molecule has 3 rings (SSSR count). The number of hydrogen-bond donors (Lipinski definition) is 1. The largest absolute Gasteiger partial charge is 0.496 e. The van der Waals surface area contributed by atoms with Crippen LogP contribution >= 0.6 is 0 Å². The molecule has 0 aromatic heterocycles. The molecule has 5 heteroatoms. The first-order valence-corrected chi connectivity index (χ1v) is 8.66. The Morgan fingerprint density at radius 1 is 1.04 bits per heavy atom. The van der Waals surface area contributed by atoms with Gasteiger partial charge in [-0.15, -0.1) is 0 Å². The summed E-state index contributed by atoms with van der Waals surface area (Å²) in [6, 6.07) is 16.3. The Labute approximate surface area is 149 Å². The second-order valence-electron chi connectivity index (χ2n) is 6.35. The highest BCUT2D eigenvalue weighted by Crippen LogP contribution is 2.28. The van der Waals surface area contributed by atoms with E-state index in [0.29, 0.717) is 6.54 Å². The number of amides is 2. The second kappa shape index (κ2) is 8.03. The van der Waals surface area contributed by atoms with Crippen molar-refractivity contribution in [1.29, 1.82) is 0 Å². The Bertz CT molecular complexity index is 718. The molecule has 1 heterocycles. The third-order valence-electron chi connectivity index (χ3n) is 4.69. The lowest BCUT2D eigenvalue weighted by Crippen LogP contribution is -2.38. The maximum absolute atomic E-state index is 11.4. The van der Waals surface area contributed by atoms with Crippen LogP contribution in [-0.2, 0) is 6.54 Å². The molecule has 2 aromatic rings. The van der Waals surface area contributed by atoms with Gasteiger partial charge in [0.1, 0.15) is 5.75 Å². The average Bonchev–Trinajstić information content (AvgIpc) is 2.88. The molecule has 5 nitrogen and oxygen atoms in total. The summed E-state index contributed by atoms with van der Waals surface area (Å²) in [5.41, 5.74) is 8.89. The molecule has 0 saturated carbocycles. The Hall–Kier alpha value is -2.53. The molecular weight excluding hydrogens is 314 g/mol.